The molecule has 0 aliphatic carbocycles. The molecule has 1 aliphatic rings. The number of halogens is 1. The van der Waals surface area contributed by atoms with Crippen molar-refractivity contribution < 1.29 is 0 Å². The molecule has 0 amide bonds. The van der Waals surface area contributed by atoms with Crippen LogP contribution < -0.4 is 5.32 Å². The zero-order valence-electron chi connectivity index (χ0n) is 10.8. The third-order valence-corrected chi connectivity index (χ3v) is 5.99. The fourth-order valence-electron chi connectivity index (χ4n) is 2.44. The number of fused-ring (bicyclic) bond motifs is 1. The van der Waals surface area contributed by atoms with Gasteiger partial charge in [0.1, 0.15) is 0 Å². The van der Waals surface area contributed by atoms with Crippen LogP contribution in [0.2, 0.25) is 5.02 Å². The average Bonchev–Trinajstić information content (AvgIpc) is 2.85. The minimum absolute atomic E-state index is 0.276. The minimum atomic E-state index is 0.276. The van der Waals surface area contributed by atoms with Gasteiger partial charge < -0.3 is 5.32 Å². The molecule has 0 saturated heterocycles. The summed E-state index contributed by atoms with van der Waals surface area (Å²) < 4.78 is 0. The summed E-state index contributed by atoms with van der Waals surface area (Å²) in [4.78, 5) is 2.99. The van der Waals surface area contributed by atoms with Crippen LogP contribution in [0.5, 0.6) is 0 Å². The maximum atomic E-state index is 5.97. The van der Waals surface area contributed by atoms with Crippen molar-refractivity contribution in [2.24, 2.45) is 0 Å². The Hall–Kier alpha value is -0.480. The summed E-state index contributed by atoms with van der Waals surface area (Å²) in [5, 5.41) is 4.22. The summed E-state index contributed by atoms with van der Waals surface area (Å²) in [5.74, 6) is 2.43. The monoisotopic (exact) mass is 309 g/mol. The third-order valence-electron chi connectivity index (χ3n) is 3.42. The Morgan fingerprint density at radius 1 is 1.26 bits per heavy atom. The van der Waals surface area contributed by atoms with Crippen LogP contribution in [-0.2, 0) is 12.2 Å². The first-order valence-corrected chi connectivity index (χ1v) is 8.75. The number of thiophene rings is 1. The smallest absolute Gasteiger partial charge is 0.0668 e. The first-order chi connectivity index (χ1) is 9.28. The molecule has 0 fully saturated rings. The van der Waals surface area contributed by atoms with Crippen LogP contribution in [0, 0.1) is 0 Å². The van der Waals surface area contributed by atoms with E-state index >= 15 is 0 Å². The molecule has 2 aromatic rings. The fraction of sp³-hybridized carbons (Fsp3) is 0.333. The molecule has 1 N–H and O–H groups in total. The van der Waals surface area contributed by atoms with Gasteiger partial charge in [0.05, 0.1) is 6.04 Å². The fourth-order valence-corrected chi connectivity index (χ4v) is 5.08. The van der Waals surface area contributed by atoms with Gasteiger partial charge in [0, 0.05) is 20.5 Å². The second kappa shape index (κ2) is 5.88. The lowest BCUT2D eigenvalue weighted by atomic mass is 10.0. The molecule has 0 radical (unpaired) electrons. The largest absolute Gasteiger partial charge is 0.309 e. The molecule has 4 heteroatoms. The van der Waals surface area contributed by atoms with Gasteiger partial charge in [-0.2, -0.15) is 11.8 Å². The van der Waals surface area contributed by atoms with Crippen molar-refractivity contribution >= 4 is 34.7 Å². The number of benzene rings is 1. The van der Waals surface area contributed by atoms with Crippen molar-refractivity contribution in [3.63, 3.8) is 0 Å². The van der Waals surface area contributed by atoms with Crippen molar-refractivity contribution in [2.45, 2.75) is 18.2 Å². The molecule has 100 valence electrons. The zero-order chi connectivity index (χ0) is 13.2. The average molecular weight is 310 g/mol. The third kappa shape index (κ3) is 2.84. The van der Waals surface area contributed by atoms with E-state index in [2.05, 4.69) is 23.5 Å². The van der Waals surface area contributed by atoms with Crippen LogP contribution in [0.1, 0.15) is 26.9 Å². The Kier molecular flexibility index (Phi) is 4.18. The van der Waals surface area contributed by atoms with Gasteiger partial charge in [0.2, 0.25) is 0 Å². The number of hydrogen-bond donors (Lipinski definition) is 1. The van der Waals surface area contributed by atoms with Gasteiger partial charge in [-0.1, -0.05) is 23.7 Å². The summed E-state index contributed by atoms with van der Waals surface area (Å²) in [5.41, 5.74) is 2.81. The molecule has 1 atom stereocenters. The highest BCUT2D eigenvalue weighted by Crippen LogP contribution is 2.36. The Morgan fingerprint density at radius 2 is 2.05 bits per heavy atom. The van der Waals surface area contributed by atoms with Crippen LogP contribution in [-0.4, -0.2) is 12.8 Å². The van der Waals surface area contributed by atoms with Crippen molar-refractivity contribution in [2.75, 3.05) is 12.8 Å². The number of aryl methyl sites for hydroxylation is 1. The van der Waals surface area contributed by atoms with E-state index in [9.17, 15) is 0 Å². The van der Waals surface area contributed by atoms with Gasteiger partial charge in [-0.15, -0.1) is 11.3 Å². The summed E-state index contributed by atoms with van der Waals surface area (Å²) in [6.07, 6.45) is 1.22. The first kappa shape index (κ1) is 13.5. The first-order valence-electron chi connectivity index (χ1n) is 6.40. The van der Waals surface area contributed by atoms with Crippen molar-refractivity contribution in [1.82, 2.24) is 5.32 Å². The predicted molar refractivity (Wildman–Crippen MR) is 86.5 cm³/mol. The van der Waals surface area contributed by atoms with Gasteiger partial charge >= 0.3 is 0 Å². The van der Waals surface area contributed by atoms with Gasteiger partial charge in [-0.25, -0.2) is 0 Å². The van der Waals surface area contributed by atoms with Crippen LogP contribution in [0.15, 0.2) is 30.3 Å². The van der Waals surface area contributed by atoms with E-state index in [1.807, 2.05) is 42.3 Å². The highest BCUT2D eigenvalue weighted by molar-refractivity contribution is 7.98. The van der Waals surface area contributed by atoms with Gasteiger partial charge in [-0.3, -0.25) is 0 Å². The Morgan fingerprint density at radius 3 is 2.74 bits per heavy atom. The van der Waals surface area contributed by atoms with E-state index in [-0.39, 0.29) is 6.04 Å². The predicted octanol–water partition coefficient (Wildman–Crippen LogP) is 4.50. The molecule has 1 nitrogen and oxygen atoms in total. The second-order valence-corrected chi connectivity index (χ2v) is 7.38. The molecule has 0 bridgehead atoms. The molecular formula is C15H16ClNS2. The highest BCUT2D eigenvalue weighted by atomic mass is 35.5. The maximum Gasteiger partial charge on any atom is 0.0668 e. The minimum Gasteiger partial charge on any atom is -0.309 e. The van der Waals surface area contributed by atoms with E-state index in [4.69, 9.17) is 11.6 Å². The Bertz CT molecular complexity index is 539. The molecule has 1 aromatic heterocycles. The molecule has 3 rings (SSSR count). The molecule has 1 aliphatic heterocycles. The Balaban J connectivity index is 1.93. The lowest BCUT2D eigenvalue weighted by Crippen LogP contribution is -2.16. The lowest BCUT2D eigenvalue weighted by Gasteiger charge is -2.15. The van der Waals surface area contributed by atoms with E-state index in [0.29, 0.717) is 0 Å². The van der Waals surface area contributed by atoms with E-state index in [1.54, 1.807) is 4.88 Å². The van der Waals surface area contributed by atoms with E-state index in [0.717, 1.165) is 5.02 Å². The number of nitrogens with one attached hydrogen (secondary N) is 1. The van der Waals surface area contributed by atoms with Crippen molar-refractivity contribution in [3.05, 3.63) is 56.2 Å². The van der Waals surface area contributed by atoms with E-state index < -0.39 is 0 Å². The summed E-state index contributed by atoms with van der Waals surface area (Å²) >= 11 is 9.96. The van der Waals surface area contributed by atoms with Crippen LogP contribution >= 0.6 is 34.7 Å². The normalized spacial score (nSPS) is 16.1. The van der Waals surface area contributed by atoms with Crippen molar-refractivity contribution in [1.29, 1.82) is 0 Å². The maximum absolute atomic E-state index is 5.97. The molecule has 0 saturated carbocycles. The highest BCUT2D eigenvalue weighted by Gasteiger charge is 2.19. The SMILES string of the molecule is CNC(c1ccc(Cl)cc1)c1cc2c(s1)CCSC2. The molecule has 1 unspecified atom stereocenters. The van der Waals surface area contributed by atoms with Crippen LogP contribution in [0.25, 0.3) is 0 Å². The van der Waals surface area contributed by atoms with Gasteiger partial charge in [0.25, 0.3) is 0 Å². The lowest BCUT2D eigenvalue weighted by molar-refractivity contribution is 0.703. The van der Waals surface area contributed by atoms with Gasteiger partial charge in [0.15, 0.2) is 0 Å². The van der Waals surface area contributed by atoms with Gasteiger partial charge in [-0.05, 0) is 48.5 Å². The number of rotatable bonds is 3. The van der Waals surface area contributed by atoms with Crippen LogP contribution in [0.3, 0.4) is 0 Å². The standard InChI is InChI=1S/C15H16ClNS2/c1-17-15(10-2-4-12(16)5-3-10)14-8-11-9-18-7-6-13(11)19-14/h2-5,8,15,17H,6-7,9H2,1H3. The molecular weight excluding hydrogens is 294 g/mol. The topological polar surface area (TPSA) is 12.0 Å². The number of thioether (sulfide) groups is 1. The molecule has 19 heavy (non-hydrogen) atoms. The molecule has 2 heterocycles. The summed E-state index contributed by atoms with van der Waals surface area (Å²) in [7, 11) is 2.02. The Labute approximate surface area is 127 Å². The number of hydrogen-bond acceptors (Lipinski definition) is 3. The second-order valence-electron chi connectivity index (χ2n) is 4.67. The molecule has 1 aromatic carbocycles. The van der Waals surface area contributed by atoms with E-state index in [1.165, 1.54) is 33.9 Å². The summed E-state index contributed by atoms with van der Waals surface area (Å²) in [6, 6.07) is 10.8. The van der Waals surface area contributed by atoms with Crippen molar-refractivity contribution in [3.8, 4) is 0 Å². The van der Waals surface area contributed by atoms with Crippen LogP contribution in [0.4, 0.5) is 0 Å². The zero-order valence-corrected chi connectivity index (χ0v) is 13.2. The quantitative estimate of drug-likeness (QED) is 0.896. The summed E-state index contributed by atoms with van der Waals surface area (Å²) in [6.45, 7) is 0. The molecule has 0 spiro atoms.